The van der Waals surface area contributed by atoms with E-state index < -0.39 is 0 Å². The highest BCUT2D eigenvalue weighted by molar-refractivity contribution is 14.0. The van der Waals surface area contributed by atoms with Gasteiger partial charge in [0.05, 0.1) is 5.69 Å². The number of rotatable bonds is 6. The Kier molecular flexibility index (Phi) is 8.75. The first-order valence-electron chi connectivity index (χ1n) is 7.96. The number of aromatic nitrogens is 1. The zero-order valence-electron chi connectivity index (χ0n) is 15.0. The third kappa shape index (κ3) is 5.47. The van der Waals surface area contributed by atoms with Gasteiger partial charge in [-0.05, 0) is 43.2 Å². The van der Waals surface area contributed by atoms with Crippen molar-refractivity contribution in [2.24, 2.45) is 4.99 Å². The monoisotopic (exact) mass is 462 g/mol. The minimum Gasteiger partial charge on any atom is -0.361 e. The maximum absolute atomic E-state index is 5.26. The molecule has 0 fully saturated rings. The van der Waals surface area contributed by atoms with Crippen LogP contribution in [-0.2, 0) is 6.54 Å². The highest BCUT2D eigenvalue weighted by Gasteiger charge is 2.16. The minimum atomic E-state index is 0. The lowest BCUT2D eigenvalue weighted by Crippen LogP contribution is -2.38. The fourth-order valence-electron chi connectivity index (χ4n) is 2.71. The molecule has 5 nitrogen and oxygen atoms in total. The number of aryl methyl sites for hydroxylation is 2. The van der Waals surface area contributed by atoms with Gasteiger partial charge < -0.3 is 14.7 Å². The topological polar surface area (TPSA) is 53.7 Å². The Balaban J connectivity index is 0.00000288. The Morgan fingerprint density at radius 3 is 2.75 bits per heavy atom. The molecule has 1 unspecified atom stereocenters. The number of hydrogen-bond donors (Lipinski definition) is 1. The van der Waals surface area contributed by atoms with Crippen LogP contribution < -0.4 is 5.32 Å². The largest absolute Gasteiger partial charge is 0.361 e. The molecule has 0 aliphatic carbocycles. The van der Waals surface area contributed by atoms with Crippen LogP contribution >= 0.6 is 35.3 Å². The number of hydrogen-bond acceptors (Lipinski definition) is 4. The van der Waals surface area contributed by atoms with E-state index in [1.54, 1.807) is 11.3 Å². The number of thiophene rings is 1. The van der Waals surface area contributed by atoms with E-state index in [1.165, 1.54) is 11.1 Å². The molecule has 24 heavy (non-hydrogen) atoms. The van der Waals surface area contributed by atoms with Gasteiger partial charge in [0.2, 0.25) is 0 Å². The van der Waals surface area contributed by atoms with Crippen LogP contribution in [0.4, 0.5) is 0 Å². The summed E-state index contributed by atoms with van der Waals surface area (Å²) < 4.78 is 5.26. The number of halogens is 1. The van der Waals surface area contributed by atoms with Gasteiger partial charge in [0.1, 0.15) is 5.76 Å². The molecule has 0 aromatic carbocycles. The van der Waals surface area contributed by atoms with Crippen LogP contribution in [0.2, 0.25) is 0 Å². The van der Waals surface area contributed by atoms with Crippen LogP contribution in [0.5, 0.6) is 0 Å². The molecule has 1 atom stereocenters. The second kappa shape index (κ2) is 10.0. The van der Waals surface area contributed by atoms with Crippen molar-refractivity contribution in [3.8, 4) is 0 Å². The molecule has 7 heteroatoms. The van der Waals surface area contributed by atoms with Crippen molar-refractivity contribution in [2.45, 2.75) is 40.2 Å². The van der Waals surface area contributed by atoms with Crippen molar-refractivity contribution in [3.63, 3.8) is 0 Å². The highest BCUT2D eigenvalue weighted by Crippen LogP contribution is 2.23. The number of aliphatic imine (C=N–C) groups is 1. The second-order valence-electron chi connectivity index (χ2n) is 5.82. The molecule has 0 amide bonds. The molecule has 134 valence electrons. The van der Waals surface area contributed by atoms with Gasteiger partial charge in [0, 0.05) is 38.2 Å². The zero-order valence-corrected chi connectivity index (χ0v) is 18.1. The van der Waals surface area contributed by atoms with Crippen molar-refractivity contribution in [2.75, 3.05) is 20.1 Å². The highest BCUT2D eigenvalue weighted by atomic mass is 127. The summed E-state index contributed by atoms with van der Waals surface area (Å²) in [4.78, 5) is 6.96. The van der Waals surface area contributed by atoms with Gasteiger partial charge >= 0.3 is 0 Å². The van der Waals surface area contributed by atoms with Crippen LogP contribution in [0.15, 0.2) is 26.3 Å². The summed E-state index contributed by atoms with van der Waals surface area (Å²) in [7, 11) is 2.07. The zero-order chi connectivity index (χ0) is 16.8. The second-order valence-corrected chi connectivity index (χ2v) is 6.60. The molecule has 2 aromatic rings. The van der Waals surface area contributed by atoms with E-state index in [0.29, 0.717) is 6.54 Å². The van der Waals surface area contributed by atoms with Gasteiger partial charge in [0.25, 0.3) is 0 Å². The fraction of sp³-hybridized carbons (Fsp3) is 0.529. The van der Waals surface area contributed by atoms with Gasteiger partial charge in [-0.15, -0.1) is 24.0 Å². The predicted molar refractivity (Wildman–Crippen MR) is 112 cm³/mol. The van der Waals surface area contributed by atoms with Gasteiger partial charge in [-0.2, -0.15) is 11.3 Å². The van der Waals surface area contributed by atoms with Crippen molar-refractivity contribution >= 4 is 41.3 Å². The fourth-order valence-corrected chi connectivity index (χ4v) is 3.37. The quantitative estimate of drug-likeness (QED) is 0.398. The standard InChI is InChI=1S/C17H26N4OS.HI/c1-6-18-17(21(5)10-15-7-8-23-11-15)19-9-12(2)16-13(3)20-22-14(16)4;/h7-8,11-12H,6,9-10H2,1-5H3,(H,18,19);1H. The average Bonchev–Trinajstić information content (AvgIpc) is 3.13. The maximum Gasteiger partial charge on any atom is 0.193 e. The van der Waals surface area contributed by atoms with Crippen LogP contribution in [0.1, 0.15) is 42.3 Å². The molecule has 0 spiro atoms. The molecule has 0 radical (unpaired) electrons. The van der Waals surface area contributed by atoms with Crippen LogP contribution in [0, 0.1) is 13.8 Å². The molecular weight excluding hydrogens is 435 g/mol. The Bertz CT molecular complexity index is 620. The van der Waals surface area contributed by atoms with E-state index in [0.717, 1.165) is 30.5 Å². The Morgan fingerprint density at radius 1 is 1.46 bits per heavy atom. The average molecular weight is 462 g/mol. The van der Waals surface area contributed by atoms with Gasteiger partial charge in [0.15, 0.2) is 5.96 Å². The van der Waals surface area contributed by atoms with E-state index in [-0.39, 0.29) is 29.9 Å². The first-order chi connectivity index (χ1) is 11.0. The number of guanidine groups is 1. The first kappa shape index (κ1) is 21.0. The molecule has 2 aromatic heterocycles. The molecule has 0 saturated carbocycles. The smallest absolute Gasteiger partial charge is 0.193 e. The van der Waals surface area contributed by atoms with Gasteiger partial charge in [-0.3, -0.25) is 4.99 Å². The third-order valence-corrected chi connectivity index (χ3v) is 4.52. The molecule has 0 aliphatic rings. The van der Waals surface area contributed by atoms with Crippen molar-refractivity contribution in [1.82, 2.24) is 15.4 Å². The maximum atomic E-state index is 5.26. The van der Waals surface area contributed by atoms with E-state index >= 15 is 0 Å². The van der Waals surface area contributed by atoms with Crippen molar-refractivity contribution in [1.29, 1.82) is 0 Å². The summed E-state index contributed by atoms with van der Waals surface area (Å²) in [6, 6.07) is 2.15. The Hall–Kier alpha value is -1.09. The number of nitrogens with zero attached hydrogens (tertiary/aromatic N) is 3. The molecule has 1 N–H and O–H groups in total. The normalized spacial score (nSPS) is 12.6. The minimum absolute atomic E-state index is 0. The SMILES string of the molecule is CCNC(=NCC(C)c1c(C)noc1C)N(C)Cc1ccsc1.I. The van der Waals surface area contributed by atoms with Crippen LogP contribution in [0.25, 0.3) is 0 Å². The van der Waals surface area contributed by atoms with Crippen LogP contribution in [-0.4, -0.2) is 36.2 Å². The molecule has 0 aliphatic heterocycles. The summed E-state index contributed by atoms with van der Waals surface area (Å²) in [6.45, 7) is 10.6. The van der Waals surface area contributed by atoms with E-state index in [9.17, 15) is 0 Å². The lowest BCUT2D eigenvalue weighted by molar-refractivity contribution is 0.391. The van der Waals surface area contributed by atoms with E-state index in [2.05, 4.69) is 53.1 Å². The van der Waals surface area contributed by atoms with Gasteiger partial charge in [-0.1, -0.05) is 12.1 Å². The molecule has 2 heterocycles. The Morgan fingerprint density at radius 2 is 2.21 bits per heavy atom. The summed E-state index contributed by atoms with van der Waals surface area (Å²) in [5, 5.41) is 11.7. The molecule has 0 bridgehead atoms. The third-order valence-electron chi connectivity index (χ3n) is 3.79. The predicted octanol–water partition coefficient (Wildman–Crippen LogP) is 4.17. The lowest BCUT2D eigenvalue weighted by Gasteiger charge is -2.22. The van der Waals surface area contributed by atoms with Crippen molar-refractivity contribution in [3.05, 3.63) is 39.4 Å². The van der Waals surface area contributed by atoms with Crippen molar-refractivity contribution < 1.29 is 4.52 Å². The molecule has 0 saturated heterocycles. The van der Waals surface area contributed by atoms with Crippen LogP contribution in [0.3, 0.4) is 0 Å². The van der Waals surface area contributed by atoms with Gasteiger partial charge in [-0.25, -0.2) is 0 Å². The van der Waals surface area contributed by atoms with E-state index in [4.69, 9.17) is 9.52 Å². The van der Waals surface area contributed by atoms with E-state index in [1.807, 2.05) is 13.8 Å². The molecule has 2 rings (SSSR count). The summed E-state index contributed by atoms with van der Waals surface area (Å²) in [5.41, 5.74) is 3.44. The summed E-state index contributed by atoms with van der Waals surface area (Å²) in [5.74, 6) is 2.10. The first-order valence-corrected chi connectivity index (χ1v) is 8.90. The number of nitrogens with one attached hydrogen (secondary N) is 1. The molecular formula is C17H27IN4OS. The summed E-state index contributed by atoms with van der Waals surface area (Å²) >= 11 is 1.72. The summed E-state index contributed by atoms with van der Waals surface area (Å²) in [6.07, 6.45) is 0. The Labute approximate surface area is 165 Å². The lowest BCUT2D eigenvalue weighted by atomic mass is 10.00.